The molecule has 0 saturated carbocycles. The zero-order valence-electron chi connectivity index (χ0n) is 12.8. The van der Waals surface area contributed by atoms with Crippen LogP contribution in [-0.2, 0) is 9.59 Å². The van der Waals surface area contributed by atoms with Crippen LogP contribution >= 0.6 is 0 Å². The fourth-order valence-electron chi connectivity index (χ4n) is 1.61. The van der Waals surface area contributed by atoms with Crippen LogP contribution < -0.4 is 20.1 Å². The van der Waals surface area contributed by atoms with E-state index in [0.29, 0.717) is 23.8 Å². The number of carbonyl (C=O) groups excluding carboxylic acids is 2. The van der Waals surface area contributed by atoms with E-state index in [2.05, 4.69) is 10.6 Å². The molecule has 1 aromatic rings. The number of aliphatic hydroxyl groups is 1. The summed E-state index contributed by atoms with van der Waals surface area (Å²) in [5, 5.41) is 13.4. The molecule has 0 spiro atoms. The SMILES string of the molecule is CCCCOc1ccc(OC)cc1NC(=O)C(=O)NCCO. The van der Waals surface area contributed by atoms with Crippen molar-refractivity contribution >= 4 is 17.5 Å². The molecule has 122 valence electrons. The first-order valence-electron chi connectivity index (χ1n) is 7.13. The Bertz CT molecular complexity index is 505. The van der Waals surface area contributed by atoms with E-state index in [1.807, 2.05) is 6.92 Å². The highest BCUT2D eigenvalue weighted by molar-refractivity contribution is 6.39. The van der Waals surface area contributed by atoms with Crippen LogP contribution in [0.4, 0.5) is 5.69 Å². The lowest BCUT2D eigenvalue weighted by atomic mass is 10.2. The molecule has 1 rings (SSSR count). The van der Waals surface area contributed by atoms with E-state index in [0.717, 1.165) is 12.8 Å². The van der Waals surface area contributed by atoms with Gasteiger partial charge in [0.05, 0.1) is 26.0 Å². The van der Waals surface area contributed by atoms with Crippen LogP contribution in [0.1, 0.15) is 19.8 Å². The van der Waals surface area contributed by atoms with Gasteiger partial charge in [0.25, 0.3) is 0 Å². The van der Waals surface area contributed by atoms with Crippen molar-refractivity contribution in [2.45, 2.75) is 19.8 Å². The van der Waals surface area contributed by atoms with Gasteiger partial charge in [0.2, 0.25) is 0 Å². The van der Waals surface area contributed by atoms with Crippen LogP contribution in [0.3, 0.4) is 0 Å². The lowest BCUT2D eigenvalue weighted by molar-refractivity contribution is -0.136. The lowest BCUT2D eigenvalue weighted by Gasteiger charge is -2.13. The summed E-state index contributed by atoms with van der Waals surface area (Å²) in [6.45, 7) is 2.35. The molecule has 1 aromatic carbocycles. The Hall–Kier alpha value is -2.28. The fourth-order valence-corrected chi connectivity index (χ4v) is 1.61. The van der Waals surface area contributed by atoms with E-state index in [9.17, 15) is 9.59 Å². The normalized spacial score (nSPS) is 9.95. The Labute approximate surface area is 129 Å². The number of hydrogen-bond acceptors (Lipinski definition) is 5. The summed E-state index contributed by atoms with van der Waals surface area (Å²) in [5.74, 6) is -0.648. The van der Waals surface area contributed by atoms with Crippen molar-refractivity contribution < 1.29 is 24.2 Å². The molecule has 0 bridgehead atoms. The van der Waals surface area contributed by atoms with Crippen molar-refractivity contribution in [3.63, 3.8) is 0 Å². The number of ether oxygens (including phenoxy) is 2. The second-order valence-corrected chi connectivity index (χ2v) is 4.50. The summed E-state index contributed by atoms with van der Waals surface area (Å²) >= 11 is 0. The highest BCUT2D eigenvalue weighted by atomic mass is 16.5. The van der Waals surface area contributed by atoms with Crippen molar-refractivity contribution in [3.05, 3.63) is 18.2 Å². The Balaban J connectivity index is 2.80. The molecule has 0 aromatic heterocycles. The van der Waals surface area contributed by atoms with E-state index in [1.165, 1.54) is 7.11 Å². The predicted octanol–water partition coefficient (Wildman–Crippen LogP) is 0.921. The van der Waals surface area contributed by atoms with Gasteiger partial charge in [-0.05, 0) is 18.6 Å². The van der Waals surface area contributed by atoms with Crippen molar-refractivity contribution in [1.29, 1.82) is 0 Å². The average Bonchev–Trinajstić information content (AvgIpc) is 2.53. The molecule has 2 amide bonds. The second kappa shape index (κ2) is 9.62. The van der Waals surface area contributed by atoms with Crippen LogP contribution in [0.15, 0.2) is 18.2 Å². The molecular weight excluding hydrogens is 288 g/mol. The number of anilines is 1. The van der Waals surface area contributed by atoms with Crippen molar-refractivity contribution in [2.75, 3.05) is 32.2 Å². The monoisotopic (exact) mass is 310 g/mol. The van der Waals surface area contributed by atoms with E-state index in [1.54, 1.807) is 18.2 Å². The molecule has 0 saturated heterocycles. The highest BCUT2D eigenvalue weighted by Gasteiger charge is 2.16. The number of aliphatic hydroxyl groups excluding tert-OH is 1. The third-order valence-corrected chi connectivity index (χ3v) is 2.79. The third kappa shape index (κ3) is 5.61. The van der Waals surface area contributed by atoms with Gasteiger partial charge in [-0.15, -0.1) is 0 Å². The Morgan fingerprint density at radius 3 is 2.68 bits per heavy atom. The van der Waals surface area contributed by atoms with Gasteiger partial charge in [-0.3, -0.25) is 9.59 Å². The van der Waals surface area contributed by atoms with Crippen LogP contribution in [0.25, 0.3) is 0 Å². The maximum Gasteiger partial charge on any atom is 0.313 e. The molecule has 22 heavy (non-hydrogen) atoms. The maximum atomic E-state index is 11.8. The molecule has 0 aliphatic heterocycles. The first-order valence-corrected chi connectivity index (χ1v) is 7.13. The molecular formula is C15H22N2O5. The van der Waals surface area contributed by atoms with Crippen LogP contribution in [0.5, 0.6) is 11.5 Å². The molecule has 7 nitrogen and oxygen atoms in total. The minimum Gasteiger partial charge on any atom is -0.497 e. The molecule has 0 aliphatic rings. The minimum absolute atomic E-state index is 0.0181. The number of rotatable bonds is 8. The van der Waals surface area contributed by atoms with Gasteiger partial charge in [-0.25, -0.2) is 0 Å². The molecule has 0 heterocycles. The summed E-state index contributed by atoms with van der Waals surface area (Å²) in [6.07, 6.45) is 1.87. The third-order valence-electron chi connectivity index (χ3n) is 2.79. The number of carbonyl (C=O) groups is 2. The highest BCUT2D eigenvalue weighted by Crippen LogP contribution is 2.29. The van der Waals surface area contributed by atoms with E-state index in [4.69, 9.17) is 14.6 Å². The van der Waals surface area contributed by atoms with Crippen LogP contribution in [-0.4, -0.2) is 43.8 Å². The summed E-state index contributed by atoms with van der Waals surface area (Å²) < 4.78 is 10.7. The van der Waals surface area contributed by atoms with Gasteiger partial charge in [-0.1, -0.05) is 13.3 Å². The molecule has 7 heteroatoms. The van der Waals surface area contributed by atoms with Crippen LogP contribution in [0, 0.1) is 0 Å². The predicted molar refractivity (Wildman–Crippen MR) is 82.1 cm³/mol. The summed E-state index contributed by atoms with van der Waals surface area (Å²) in [4.78, 5) is 23.3. The van der Waals surface area contributed by atoms with Gasteiger partial charge in [-0.2, -0.15) is 0 Å². The standard InChI is InChI=1S/C15H22N2O5/c1-3-4-9-22-13-6-5-11(21-2)10-12(13)17-15(20)14(19)16-7-8-18/h5-6,10,18H,3-4,7-9H2,1-2H3,(H,16,19)(H,17,20). The van der Waals surface area contributed by atoms with Crippen LogP contribution in [0.2, 0.25) is 0 Å². The van der Waals surface area contributed by atoms with Gasteiger partial charge < -0.3 is 25.2 Å². The smallest absolute Gasteiger partial charge is 0.313 e. The fraction of sp³-hybridized carbons (Fsp3) is 0.467. The average molecular weight is 310 g/mol. The molecule has 0 unspecified atom stereocenters. The second-order valence-electron chi connectivity index (χ2n) is 4.50. The number of benzene rings is 1. The van der Waals surface area contributed by atoms with Crippen molar-refractivity contribution in [2.24, 2.45) is 0 Å². The van der Waals surface area contributed by atoms with Gasteiger partial charge in [0.1, 0.15) is 11.5 Å². The summed E-state index contributed by atoms with van der Waals surface area (Å²) in [7, 11) is 1.51. The van der Waals surface area contributed by atoms with Crippen molar-refractivity contribution in [1.82, 2.24) is 5.32 Å². The Kier molecular flexibility index (Phi) is 7.77. The quantitative estimate of drug-likeness (QED) is 0.490. The van der Waals surface area contributed by atoms with E-state index >= 15 is 0 Å². The van der Waals surface area contributed by atoms with Gasteiger partial charge in [0.15, 0.2) is 0 Å². The number of nitrogens with one attached hydrogen (secondary N) is 2. The summed E-state index contributed by atoms with van der Waals surface area (Å²) in [5.41, 5.74) is 0.361. The number of hydrogen-bond donors (Lipinski definition) is 3. The molecule has 0 radical (unpaired) electrons. The summed E-state index contributed by atoms with van der Waals surface area (Å²) in [6, 6.07) is 4.97. The molecule has 0 fully saturated rings. The Morgan fingerprint density at radius 2 is 2.05 bits per heavy atom. The largest absolute Gasteiger partial charge is 0.497 e. The first-order chi connectivity index (χ1) is 10.6. The number of unbranched alkanes of at least 4 members (excludes halogenated alkanes) is 1. The lowest BCUT2D eigenvalue weighted by Crippen LogP contribution is -2.36. The van der Waals surface area contributed by atoms with Gasteiger partial charge >= 0.3 is 11.8 Å². The number of amides is 2. The molecule has 0 aliphatic carbocycles. The Morgan fingerprint density at radius 1 is 1.27 bits per heavy atom. The molecule has 0 atom stereocenters. The maximum absolute atomic E-state index is 11.8. The zero-order valence-corrected chi connectivity index (χ0v) is 12.8. The van der Waals surface area contributed by atoms with E-state index < -0.39 is 11.8 Å². The van der Waals surface area contributed by atoms with E-state index in [-0.39, 0.29) is 13.2 Å². The van der Waals surface area contributed by atoms with Gasteiger partial charge in [0, 0.05) is 12.6 Å². The topological polar surface area (TPSA) is 96.9 Å². The van der Waals surface area contributed by atoms with Crippen molar-refractivity contribution in [3.8, 4) is 11.5 Å². The molecule has 3 N–H and O–H groups in total. The zero-order chi connectivity index (χ0) is 16.4. The number of methoxy groups -OCH3 is 1. The first kappa shape index (κ1) is 17.8. The minimum atomic E-state index is -0.831.